The fourth-order valence-corrected chi connectivity index (χ4v) is 2.51. The zero-order valence-electron chi connectivity index (χ0n) is 12.4. The summed E-state index contributed by atoms with van der Waals surface area (Å²) in [6.07, 6.45) is 1.56. The summed E-state index contributed by atoms with van der Waals surface area (Å²) in [4.78, 5) is 15.8. The lowest BCUT2D eigenvalue weighted by atomic mass is 10.0. The van der Waals surface area contributed by atoms with E-state index in [0.29, 0.717) is 17.0 Å². The number of para-hydroxylation sites is 2. The van der Waals surface area contributed by atoms with E-state index in [4.69, 9.17) is 0 Å². The quantitative estimate of drug-likeness (QED) is 0.753. The molecule has 1 aromatic heterocycles. The monoisotopic (exact) mass is 303 g/mol. The van der Waals surface area contributed by atoms with E-state index < -0.39 is 5.97 Å². The first-order chi connectivity index (χ1) is 11.1. The molecule has 0 spiro atoms. The second kappa shape index (κ2) is 5.78. The van der Waals surface area contributed by atoms with Crippen LogP contribution >= 0.6 is 0 Å². The van der Waals surface area contributed by atoms with Crippen molar-refractivity contribution in [2.45, 2.75) is 0 Å². The van der Waals surface area contributed by atoms with E-state index in [0.717, 1.165) is 11.0 Å². The molecule has 0 atom stereocenters. The molecular weight excluding hydrogens is 290 g/mol. The molecule has 1 heterocycles. The van der Waals surface area contributed by atoms with Crippen molar-refractivity contribution in [3.63, 3.8) is 0 Å². The molecule has 5 nitrogen and oxygen atoms in total. The summed E-state index contributed by atoms with van der Waals surface area (Å²) < 4.78 is 1.83. The number of nitriles is 1. The molecule has 0 aliphatic heterocycles. The van der Waals surface area contributed by atoms with Crippen molar-refractivity contribution < 1.29 is 9.90 Å². The normalized spacial score (nSPS) is 11.4. The van der Waals surface area contributed by atoms with Crippen LogP contribution in [-0.4, -0.2) is 20.6 Å². The van der Waals surface area contributed by atoms with Crippen LogP contribution in [-0.2, 0) is 7.05 Å². The van der Waals surface area contributed by atoms with Gasteiger partial charge in [0.25, 0.3) is 0 Å². The lowest BCUT2D eigenvalue weighted by molar-refractivity contribution is 0.0696. The van der Waals surface area contributed by atoms with E-state index in [9.17, 15) is 15.2 Å². The van der Waals surface area contributed by atoms with Gasteiger partial charge < -0.3 is 9.67 Å². The summed E-state index contributed by atoms with van der Waals surface area (Å²) in [6.45, 7) is 0. The molecule has 0 aliphatic rings. The number of allylic oxidation sites excluding steroid dienone is 1. The number of hydrogen-bond donors (Lipinski definition) is 1. The number of carboxylic acids is 1. The Morgan fingerprint density at radius 2 is 1.91 bits per heavy atom. The maximum Gasteiger partial charge on any atom is 0.336 e. The number of imidazole rings is 1. The number of rotatable bonds is 3. The summed E-state index contributed by atoms with van der Waals surface area (Å²) in [5.41, 5.74) is 2.65. The van der Waals surface area contributed by atoms with Crippen LogP contribution in [0.1, 0.15) is 21.7 Å². The third kappa shape index (κ3) is 2.58. The highest BCUT2D eigenvalue weighted by Crippen LogP contribution is 2.23. The van der Waals surface area contributed by atoms with Crippen LogP contribution in [0.3, 0.4) is 0 Å². The third-order valence-corrected chi connectivity index (χ3v) is 3.64. The predicted molar refractivity (Wildman–Crippen MR) is 87.6 cm³/mol. The molecule has 0 saturated carbocycles. The Balaban J connectivity index is 2.18. The molecule has 112 valence electrons. The zero-order valence-corrected chi connectivity index (χ0v) is 12.4. The Morgan fingerprint density at radius 3 is 2.61 bits per heavy atom. The van der Waals surface area contributed by atoms with Crippen molar-refractivity contribution >= 4 is 28.7 Å². The number of fused-ring (bicyclic) bond motifs is 1. The molecule has 2 aromatic carbocycles. The summed E-state index contributed by atoms with van der Waals surface area (Å²) in [7, 11) is 1.83. The van der Waals surface area contributed by atoms with Crippen molar-refractivity contribution in [2.75, 3.05) is 0 Å². The molecule has 0 bridgehead atoms. The van der Waals surface area contributed by atoms with Crippen LogP contribution < -0.4 is 0 Å². The minimum absolute atomic E-state index is 0.152. The summed E-state index contributed by atoms with van der Waals surface area (Å²) in [6, 6.07) is 16.3. The van der Waals surface area contributed by atoms with Crippen LogP contribution in [0.4, 0.5) is 0 Å². The first-order valence-electron chi connectivity index (χ1n) is 6.98. The first kappa shape index (κ1) is 14.5. The van der Waals surface area contributed by atoms with Gasteiger partial charge in [0.2, 0.25) is 0 Å². The fourth-order valence-electron chi connectivity index (χ4n) is 2.51. The van der Waals surface area contributed by atoms with Gasteiger partial charge in [-0.1, -0.05) is 30.3 Å². The molecule has 0 amide bonds. The highest BCUT2D eigenvalue weighted by Gasteiger charge is 2.14. The molecule has 0 unspecified atom stereocenters. The van der Waals surface area contributed by atoms with Crippen molar-refractivity contribution in [2.24, 2.45) is 7.05 Å². The van der Waals surface area contributed by atoms with E-state index in [2.05, 4.69) is 11.1 Å². The van der Waals surface area contributed by atoms with Gasteiger partial charge in [-0.05, 0) is 29.8 Å². The molecule has 5 heteroatoms. The van der Waals surface area contributed by atoms with E-state index in [1.54, 1.807) is 24.3 Å². The van der Waals surface area contributed by atoms with Gasteiger partial charge in [-0.25, -0.2) is 9.78 Å². The van der Waals surface area contributed by atoms with Crippen LogP contribution in [0, 0.1) is 11.3 Å². The molecule has 0 saturated heterocycles. The Morgan fingerprint density at radius 1 is 1.22 bits per heavy atom. The molecule has 0 radical (unpaired) electrons. The third-order valence-electron chi connectivity index (χ3n) is 3.64. The Kier molecular flexibility index (Phi) is 3.65. The lowest BCUT2D eigenvalue weighted by Crippen LogP contribution is -2.00. The number of hydrogen-bond acceptors (Lipinski definition) is 3. The summed E-state index contributed by atoms with van der Waals surface area (Å²) >= 11 is 0. The van der Waals surface area contributed by atoms with Crippen molar-refractivity contribution in [3.8, 4) is 6.07 Å². The standard InChI is InChI=1S/C18H13N3O2/c1-21-16-9-5-4-8-15(16)20-17(21)13(11-19)10-12-6-2-3-7-14(12)18(22)23/h2-10H,1H3,(H,22,23)/b13-10+. The Labute approximate surface area is 132 Å². The second-order valence-corrected chi connectivity index (χ2v) is 5.05. The average Bonchev–Trinajstić information content (AvgIpc) is 2.90. The van der Waals surface area contributed by atoms with Crippen LogP contribution in [0.2, 0.25) is 0 Å². The topological polar surface area (TPSA) is 78.9 Å². The molecule has 23 heavy (non-hydrogen) atoms. The van der Waals surface area contributed by atoms with E-state index in [1.165, 1.54) is 6.07 Å². The second-order valence-electron chi connectivity index (χ2n) is 5.05. The van der Waals surface area contributed by atoms with Gasteiger partial charge in [-0.15, -0.1) is 0 Å². The van der Waals surface area contributed by atoms with Crippen LogP contribution in [0.15, 0.2) is 48.5 Å². The van der Waals surface area contributed by atoms with Gasteiger partial charge in [-0.3, -0.25) is 0 Å². The smallest absolute Gasteiger partial charge is 0.336 e. The average molecular weight is 303 g/mol. The number of benzene rings is 2. The van der Waals surface area contributed by atoms with Gasteiger partial charge >= 0.3 is 5.97 Å². The Bertz CT molecular complexity index is 977. The fraction of sp³-hybridized carbons (Fsp3) is 0.0556. The van der Waals surface area contributed by atoms with Gasteiger partial charge in [0.1, 0.15) is 6.07 Å². The van der Waals surface area contributed by atoms with Gasteiger partial charge in [0, 0.05) is 7.05 Å². The number of aryl methyl sites for hydroxylation is 1. The van der Waals surface area contributed by atoms with Crippen molar-refractivity contribution in [1.82, 2.24) is 9.55 Å². The van der Waals surface area contributed by atoms with Gasteiger partial charge in [-0.2, -0.15) is 5.26 Å². The highest BCUT2D eigenvalue weighted by molar-refractivity contribution is 5.97. The zero-order chi connectivity index (χ0) is 16.4. The molecule has 0 aliphatic carbocycles. The Hall–Kier alpha value is -3.39. The molecule has 3 aromatic rings. The predicted octanol–water partition coefficient (Wildman–Crippen LogP) is 3.34. The highest BCUT2D eigenvalue weighted by atomic mass is 16.4. The first-order valence-corrected chi connectivity index (χ1v) is 6.98. The summed E-state index contributed by atoms with van der Waals surface area (Å²) in [5.74, 6) is -0.520. The van der Waals surface area contributed by atoms with Crippen molar-refractivity contribution in [1.29, 1.82) is 5.26 Å². The van der Waals surface area contributed by atoms with Gasteiger partial charge in [0.05, 0.1) is 22.2 Å². The lowest BCUT2D eigenvalue weighted by Gasteiger charge is -2.03. The maximum atomic E-state index is 11.3. The maximum absolute atomic E-state index is 11.3. The van der Waals surface area contributed by atoms with Gasteiger partial charge in [0.15, 0.2) is 5.82 Å². The largest absolute Gasteiger partial charge is 0.478 e. The van der Waals surface area contributed by atoms with E-state index >= 15 is 0 Å². The molecule has 1 N–H and O–H groups in total. The van der Waals surface area contributed by atoms with Crippen molar-refractivity contribution in [3.05, 3.63) is 65.5 Å². The molecular formula is C18H13N3O2. The summed E-state index contributed by atoms with van der Waals surface area (Å²) in [5, 5.41) is 18.8. The minimum Gasteiger partial charge on any atom is -0.478 e. The van der Waals surface area contributed by atoms with Crippen LogP contribution in [0.25, 0.3) is 22.7 Å². The number of carbonyl (C=O) groups is 1. The van der Waals surface area contributed by atoms with Crippen LogP contribution in [0.5, 0.6) is 0 Å². The number of carboxylic acid groups (broad SMARTS) is 1. The molecule has 0 fully saturated rings. The number of aromatic nitrogens is 2. The minimum atomic E-state index is -1.03. The number of aromatic carboxylic acids is 1. The molecule has 3 rings (SSSR count). The van der Waals surface area contributed by atoms with E-state index in [-0.39, 0.29) is 5.56 Å². The SMILES string of the molecule is Cn1c(/C(C#N)=C/c2ccccc2C(=O)O)nc2ccccc21. The van der Waals surface area contributed by atoms with E-state index in [1.807, 2.05) is 35.9 Å². The number of nitrogens with zero attached hydrogens (tertiary/aromatic N) is 3.